The minimum Gasteiger partial charge on any atom is -0.508 e. The third-order valence-electron chi connectivity index (χ3n) is 21.1. The van der Waals surface area contributed by atoms with E-state index >= 15 is 0 Å². The van der Waals surface area contributed by atoms with Gasteiger partial charge in [0.2, 0.25) is 0 Å². The standard InChI is InChI=1S/C21H21FO4.C18H20BrFO5.C15H16BrFO3.C11H12BrFO2.C9H8BrFO2.C8H6BrFO.C7H7BrFN.C7H8O/c1-12(21(25)26)20-17(14-5-7-16(23)8-6-14)10-13(11-18(20)22)9-15-3-2-4-19(15)24;1-10(16(22)24-2)15-12(19)7-11(8-13(15)20)9-18(17(23)25-3)6-4-5-14(18)21;1-8(15(19)20)14-11(16)6-9(7-12(14)17)5-10-3-2-4-13(10)18;1-6-4-8(12)10(9(13)5-6)7(2)11(14)15-3;1-5-2-7(10)6(4-9(12)13)8(11)3-5;1-5-2-7(9)6(4-11)8(10)3-5;1-4-2-5(8)7(10)6(9)3-4;1-6-2-4-7(8)5-3-6/h5-8,10-12,15,23H,2-4,9H2,1H3,(H,25,26);7-8,10H,4-6,9H2,1-3H3;6-8,10H,2-5H2,1H3,(H,19,20);4-5,7H,1-3H3;2-3H,4H2,1H3,(H,12,13);2-4H,1H3;2-3H,10H2,1H3;2-5,8H,1H3. The number of aryl methyl sites for hydroxylation is 5. The van der Waals surface area contributed by atoms with Gasteiger partial charge in [-0.25, -0.2) is 30.7 Å². The number of aliphatic carboxylic acids is 3. The van der Waals surface area contributed by atoms with Gasteiger partial charge in [-0.1, -0.05) is 99.6 Å². The number of nitrogen functional groups attached to an aromatic ring is 1. The van der Waals surface area contributed by atoms with Crippen LogP contribution >= 0.6 is 95.6 Å². The smallest absolute Gasteiger partial charge is 0.319 e. The van der Waals surface area contributed by atoms with Crippen LogP contribution < -0.4 is 5.73 Å². The number of hydrogen-bond acceptors (Lipinski definition) is 16. The number of aldehydes is 1. The van der Waals surface area contributed by atoms with Crippen LogP contribution in [0.2, 0.25) is 0 Å². The van der Waals surface area contributed by atoms with E-state index in [0.29, 0.717) is 112 Å². The van der Waals surface area contributed by atoms with Gasteiger partial charge >= 0.3 is 35.8 Å². The number of ketones is 3. The summed E-state index contributed by atoms with van der Waals surface area (Å²) < 4.78 is 113. The third-order valence-corrected chi connectivity index (χ3v) is 25.1. The number of methoxy groups -OCH3 is 3. The number of ether oxygens (including phenoxy) is 3. The average molecular weight is 2170 g/mol. The Morgan fingerprint density at radius 1 is 0.453 bits per heavy atom. The molecule has 3 saturated carbocycles. The van der Waals surface area contributed by atoms with Crippen molar-refractivity contribution >= 4 is 161 Å². The third kappa shape index (κ3) is 31.3. The Morgan fingerprint density at radius 3 is 1.23 bits per heavy atom. The van der Waals surface area contributed by atoms with Crippen LogP contribution in [0.3, 0.4) is 0 Å². The number of rotatable bonds is 19. The van der Waals surface area contributed by atoms with Gasteiger partial charge in [-0.05, 0) is 305 Å². The van der Waals surface area contributed by atoms with Gasteiger partial charge in [-0.3, -0.25) is 47.9 Å². The van der Waals surface area contributed by atoms with E-state index in [1.54, 1.807) is 101 Å². The van der Waals surface area contributed by atoms with Crippen LogP contribution in [0.4, 0.5) is 36.4 Å². The second-order valence-corrected chi connectivity index (χ2v) is 36.0. The number of aromatic hydroxyl groups is 2. The molecule has 7 atom stereocenters. The highest BCUT2D eigenvalue weighted by molar-refractivity contribution is 9.11. The van der Waals surface area contributed by atoms with Crippen LogP contribution in [0, 0.1) is 92.6 Å². The van der Waals surface area contributed by atoms with Crippen molar-refractivity contribution in [2.45, 2.75) is 169 Å². The molecule has 0 heterocycles. The van der Waals surface area contributed by atoms with Crippen molar-refractivity contribution in [3.8, 4) is 22.6 Å². The molecule has 0 bridgehead atoms. The Bertz CT molecular complexity index is 5370. The molecule has 9 aromatic carbocycles. The van der Waals surface area contributed by atoms with E-state index in [4.69, 9.17) is 25.8 Å². The fraction of sp³-hybridized carbons (Fsp3) is 0.333. The topological polar surface area (TPSA) is 326 Å². The number of carbonyl (C=O) groups is 10. The summed E-state index contributed by atoms with van der Waals surface area (Å²) in [6.07, 6.45) is 7.18. The van der Waals surface area contributed by atoms with E-state index < -0.39 is 94.0 Å². The van der Waals surface area contributed by atoms with Crippen LogP contribution in [0.1, 0.15) is 192 Å². The summed E-state index contributed by atoms with van der Waals surface area (Å²) in [4.78, 5) is 114. The highest BCUT2D eigenvalue weighted by atomic mass is 79.9. The lowest BCUT2D eigenvalue weighted by Crippen LogP contribution is -2.38. The van der Waals surface area contributed by atoms with E-state index in [1.165, 1.54) is 95.3 Å². The number of carboxylic acid groups (broad SMARTS) is 3. The SMILES string of the molecule is CC(C(=O)O)c1c(F)cc(CC2CCCC2=O)cc1-c1ccc(O)cc1.CC(C(=O)O)c1c(F)cc(CC2CCCC2=O)cc1Br.COC(=O)C(C)c1c(F)cc(C)cc1Br.COC(=O)C(C)c1c(F)cc(CC2(C(=O)OC)CCCC2=O)cc1Br.Cc1cc(F)c(C=O)c(Br)c1.Cc1cc(F)c(CC(=O)O)c(Br)c1.Cc1cc(F)c(N)c(Br)c1.Cc1ccc(O)cc1. The molecule has 128 heavy (non-hydrogen) atoms. The van der Waals surface area contributed by atoms with Crippen molar-refractivity contribution < 1.29 is 118 Å². The lowest BCUT2D eigenvalue weighted by molar-refractivity contribution is -0.156. The fourth-order valence-electron chi connectivity index (χ4n) is 14.2. The number of halogens is 13. The van der Waals surface area contributed by atoms with Crippen molar-refractivity contribution in [2.24, 2.45) is 17.3 Å². The maximum atomic E-state index is 14.9. The molecule has 12 rings (SSSR count). The number of anilines is 1. The van der Waals surface area contributed by atoms with Crippen molar-refractivity contribution in [1.82, 2.24) is 0 Å². The predicted octanol–water partition coefficient (Wildman–Crippen LogP) is 23.9. The van der Waals surface area contributed by atoms with Gasteiger partial charge in [-0.15, -0.1) is 0 Å². The monoisotopic (exact) mass is 2160 g/mol. The first-order valence-electron chi connectivity index (χ1n) is 39.9. The molecule has 0 amide bonds. The first-order valence-corrected chi connectivity index (χ1v) is 44.7. The zero-order valence-electron chi connectivity index (χ0n) is 72.0. The molecule has 9 aromatic rings. The average Bonchev–Trinajstić information content (AvgIpc) is 1.52. The van der Waals surface area contributed by atoms with Crippen molar-refractivity contribution in [3.63, 3.8) is 0 Å². The van der Waals surface area contributed by atoms with Gasteiger partial charge in [0.1, 0.15) is 69.2 Å². The Labute approximate surface area is 788 Å². The molecule has 0 spiro atoms. The minimum absolute atomic E-state index is 0.0240. The zero-order valence-corrected chi connectivity index (χ0v) is 81.5. The molecule has 7 unspecified atom stereocenters. The predicted molar refractivity (Wildman–Crippen MR) is 493 cm³/mol. The summed E-state index contributed by atoms with van der Waals surface area (Å²) in [6, 6.07) is 34.8. The number of hydrogen-bond donors (Lipinski definition) is 6. The van der Waals surface area contributed by atoms with E-state index in [-0.39, 0.29) is 92.9 Å². The minimum atomic E-state index is -1.25. The van der Waals surface area contributed by atoms with Crippen molar-refractivity contribution in [1.29, 1.82) is 0 Å². The molecular formula is C96H98Br6F7NO18. The van der Waals surface area contributed by atoms with E-state index in [1.807, 2.05) is 26.0 Å². The number of phenols is 2. The Balaban J connectivity index is 0.000000267. The van der Waals surface area contributed by atoms with Gasteiger partial charge in [0.05, 0.1) is 62.7 Å². The number of esters is 3. The number of nitrogens with two attached hydrogens (primary N) is 1. The molecule has 0 radical (unpaired) electrons. The molecule has 19 nitrogen and oxygen atoms in total. The molecule has 3 aliphatic rings. The second kappa shape index (κ2) is 51.0. The summed E-state index contributed by atoms with van der Waals surface area (Å²) in [5.41, 5.74) is 12.7. The van der Waals surface area contributed by atoms with Gasteiger partial charge in [0.15, 0.2) is 12.1 Å². The van der Waals surface area contributed by atoms with E-state index in [0.717, 1.165) is 53.5 Å². The first-order chi connectivity index (χ1) is 60.0. The number of phenolic OH excluding ortho intramolecular Hbond substituents is 2. The Morgan fingerprint density at radius 2 is 0.844 bits per heavy atom. The molecule has 32 heteroatoms. The maximum Gasteiger partial charge on any atom is 0.319 e. The van der Waals surface area contributed by atoms with Gasteiger partial charge in [0, 0.05) is 85.8 Å². The molecule has 3 aliphatic carbocycles. The lowest BCUT2D eigenvalue weighted by atomic mass is 9.79. The summed E-state index contributed by atoms with van der Waals surface area (Å²) in [5, 5.41) is 45.1. The fourth-order valence-corrected chi connectivity index (χ4v) is 18.7. The maximum absolute atomic E-state index is 14.9. The van der Waals surface area contributed by atoms with Gasteiger partial charge < -0.3 is 45.5 Å². The molecule has 3 fully saturated rings. The number of carboxylic acids is 3. The largest absolute Gasteiger partial charge is 0.508 e. The number of benzene rings is 9. The molecular weight excluding hydrogens is 2070 g/mol. The highest BCUT2D eigenvalue weighted by Gasteiger charge is 2.50. The molecule has 0 aromatic heterocycles. The van der Waals surface area contributed by atoms with Crippen molar-refractivity contribution in [2.75, 3.05) is 27.1 Å². The summed E-state index contributed by atoms with van der Waals surface area (Å²) in [6.45, 7) is 15.2. The Kier molecular flexibility index (Phi) is 43.4. The zero-order chi connectivity index (χ0) is 96.2. The summed E-state index contributed by atoms with van der Waals surface area (Å²) >= 11 is 19.1. The summed E-state index contributed by atoms with van der Waals surface area (Å²) in [7, 11) is 3.77. The first kappa shape index (κ1) is 109. The molecule has 0 aliphatic heterocycles. The second-order valence-electron chi connectivity index (χ2n) is 30.8. The van der Waals surface area contributed by atoms with Crippen LogP contribution in [0.25, 0.3) is 11.1 Å². The van der Waals surface area contributed by atoms with E-state index in [9.17, 15) is 88.9 Å². The Hall–Kier alpha value is -9.73. The quantitative estimate of drug-likeness (QED) is 0.0109. The normalized spacial score (nSPS) is 15.6. The molecule has 7 N–H and O–H groups in total. The van der Waals surface area contributed by atoms with Crippen LogP contribution in [0.5, 0.6) is 11.5 Å². The summed E-state index contributed by atoms with van der Waals surface area (Å²) in [5.74, 6) is -11.0. The highest BCUT2D eigenvalue weighted by Crippen LogP contribution is 2.43. The van der Waals surface area contributed by atoms with Crippen LogP contribution in [-0.4, -0.2) is 106 Å². The van der Waals surface area contributed by atoms with Gasteiger partial charge in [-0.2, -0.15) is 0 Å². The molecule has 0 saturated heterocycles. The van der Waals surface area contributed by atoms with Crippen LogP contribution in [-0.2, 0) is 83.0 Å². The lowest BCUT2D eigenvalue weighted by Gasteiger charge is -2.25. The van der Waals surface area contributed by atoms with E-state index in [2.05, 4.69) is 105 Å². The van der Waals surface area contributed by atoms with Crippen molar-refractivity contribution in [3.05, 3.63) is 279 Å². The number of carbonyl (C=O) groups excluding carboxylic acids is 7. The number of Topliss-reactive ketones (excluding diaryl/α,β-unsaturated/α-hetero) is 3. The van der Waals surface area contributed by atoms with Crippen LogP contribution in [0.15, 0.2) is 160 Å². The molecule has 686 valence electrons. The van der Waals surface area contributed by atoms with Gasteiger partial charge in [0.25, 0.3) is 0 Å².